The molecule has 4 amide bonds. The number of hydrogen-bond donors (Lipinski definition) is 2. The summed E-state index contributed by atoms with van der Waals surface area (Å²) in [4.78, 5) is 44.2. The number of piperazine rings is 1. The Morgan fingerprint density at radius 2 is 1.76 bits per heavy atom. The molecule has 3 heterocycles. The maximum atomic E-state index is 13.8. The van der Waals surface area contributed by atoms with Crippen molar-refractivity contribution in [1.29, 1.82) is 0 Å². The molecule has 2 N–H and O–H groups in total. The Bertz CT molecular complexity index is 1220. The van der Waals surface area contributed by atoms with Crippen LogP contribution in [-0.2, 0) is 21.5 Å². The van der Waals surface area contributed by atoms with Crippen molar-refractivity contribution in [1.82, 2.24) is 20.0 Å². The van der Waals surface area contributed by atoms with Crippen molar-refractivity contribution < 1.29 is 14.4 Å². The molecule has 1 unspecified atom stereocenters. The predicted molar refractivity (Wildman–Crippen MR) is 144 cm³/mol. The molecule has 0 bridgehead atoms. The SMILES string of the molecule is CC(=O)N1CCN(C(=O)N[C@H]2CCCN(C3(Cc4cccc(Cl)c4)C(=O)Nc4cc(Cl)ccc43)C2)CC1. The molecule has 2 saturated heterocycles. The lowest BCUT2D eigenvalue weighted by atomic mass is 9.81. The van der Waals surface area contributed by atoms with Gasteiger partial charge in [-0.25, -0.2) is 4.79 Å². The van der Waals surface area contributed by atoms with Crippen LogP contribution in [0.3, 0.4) is 0 Å². The number of anilines is 1. The monoisotopic (exact) mass is 543 g/mol. The minimum Gasteiger partial charge on any atom is -0.339 e. The number of rotatable bonds is 4. The number of nitrogens with zero attached hydrogens (tertiary/aromatic N) is 3. The molecule has 3 aliphatic heterocycles. The molecule has 37 heavy (non-hydrogen) atoms. The Morgan fingerprint density at radius 1 is 1.03 bits per heavy atom. The molecule has 0 spiro atoms. The van der Waals surface area contributed by atoms with Crippen LogP contribution < -0.4 is 10.6 Å². The molecule has 5 rings (SSSR count). The van der Waals surface area contributed by atoms with Crippen LogP contribution in [-0.4, -0.2) is 77.9 Å². The summed E-state index contributed by atoms with van der Waals surface area (Å²) in [6.45, 7) is 4.92. The van der Waals surface area contributed by atoms with Gasteiger partial charge in [0.05, 0.1) is 0 Å². The second-order valence-corrected chi connectivity index (χ2v) is 10.9. The van der Waals surface area contributed by atoms with Crippen LogP contribution in [0.5, 0.6) is 0 Å². The molecule has 0 aromatic heterocycles. The van der Waals surface area contributed by atoms with Crippen molar-refractivity contribution in [3.63, 3.8) is 0 Å². The van der Waals surface area contributed by atoms with Crippen molar-refractivity contribution in [2.24, 2.45) is 0 Å². The van der Waals surface area contributed by atoms with Crippen molar-refractivity contribution in [2.45, 2.75) is 37.8 Å². The van der Waals surface area contributed by atoms with Gasteiger partial charge in [0.1, 0.15) is 5.54 Å². The number of nitrogens with one attached hydrogen (secondary N) is 2. The van der Waals surface area contributed by atoms with E-state index in [1.54, 1.807) is 22.8 Å². The predicted octanol–water partition coefficient (Wildman–Crippen LogP) is 3.72. The summed E-state index contributed by atoms with van der Waals surface area (Å²) < 4.78 is 0. The fourth-order valence-electron chi connectivity index (χ4n) is 5.80. The second kappa shape index (κ2) is 10.5. The molecule has 196 valence electrons. The molecule has 2 aromatic carbocycles. The zero-order chi connectivity index (χ0) is 26.2. The first-order valence-corrected chi connectivity index (χ1v) is 13.4. The zero-order valence-corrected chi connectivity index (χ0v) is 22.3. The molecule has 10 heteroatoms. The third kappa shape index (κ3) is 5.15. The molecule has 0 aliphatic carbocycles. The van der Waals surface area contributed by atoms with Gasteiger partial charge in [0.2, 0.25) is 11.8 Å². The number of likely N-dealkylation sites (tertiary alicyclic amines) is 1. The smallest absolute Gasteiger partial charge is 0.317 e. The van der Waals surface area contributed by atoms with Crippen molar-refractivity contribution in [2.75, 3.05) is 44.6 Å². The number of piperidine rings is 1. The molecule has 2 aromatic rings. The highest BCUT2D eigenvalue weighted by molar-refractivity contribution is 6.31. The number of halogens is 2. The second-order valence-electron chi connectivity index (χ2n) is 10.0. The molecular weight excluding hydrogens is 513 g/mol. The molecule has 0 radical (unpaired) electrons. The highest BCUT2D eigenvalue weighted by Crippen LogP contribution is 2.45. The minimum atomic E-state index is -0.943. The van der Waals surface area contributed by atoms with E-state index in [4.69, 9.17) is 23.2 Å². The number of benzene rings is 2. The quantitative estimate of drug-likeness (QED) is 0.615. The van der Waals surface area contributed by atoms with Crippen LogP contribution in [0.2, 0.25) is 10.0 Å². The van der Waals surface area contributed by atoms with Gasteiger partial charge in [0.25, 0.3) is 0 Å². The Labute approximate surface area is 226 Å². The Kier molecular flexibility index (Phi) is 7.34. The van der Waals surface area contributed by atoms with E-state index in [9.17, 15) is 14.4 Å². The van der Waals surface area contributed by atoms with Crippen LogP contribution in [0.15, 0.2) is 42.5 Å². The molecule has 3 aliphatic rings. The van der Waals surface area contributed by atoms with Gasteiger partial charge >= 0.3 is 6.03 Å². The Hall–Kier alpha value is -2.81. The Balaban J connectivity index is 1.38. The first-order valence-electron chi connectivity index (χ1n) is 12.7. The average Bonchev–Trinajstić information content (AvgIpc) is 3.15. The van der Waals surface area contributed by atoms with Gasteiger partial charge in [-0.15, -0.1) is 0 Å². The first-order chi connectivity index (χ1) is 17.8. The molecule has 8 nitrogen and oxygen atoms in total. The maximum Gasteiger partial charge on any atom is 0.317 e. The summed E-state index contributed by atoms with van der Waals surface area (Å²) in [6, 6.07) is 12.9. The Morgan fingerprint density at radius 3 is 2.49 bits per heavy atom. The van der Waals surface area contributed by atoms with Crippen LogP contribution in [0.1, 0.15) is 30.9 Å². The molecule has 0 saturated carbocycles. The van der Waals surface area contributed by atoms with Gasteiger partial charge in [-0.1, -0.05) is 41.4 Å². The number of hydrogen-bond acceptors (Lipinski definition) is 4. The highest BCUT2D eigenvalue weighted by atomic mass is 35.5. The molecule has 2 atom stereocenters. The van der Waals surface area contributed by atoms with E-state index in [1.165, 1.54) is 0 Å². The summed E-state index contributed by atoms with van der Waals surface area (Å²) in [5.41, 5.74) is 1.62. The summed E-state index contributed by atoms with van der Waals surface area (Å²) >= 11 is 12.5. The molecular formula is C27H31Cl2N5O3. The van der Waals surface area contributed by atoms with Gasteiger partial charge < -0.3 is 20.4 Å². The van der Waals surface area contributed by atoms with Crippen LogP contribution in [0, 0.1) is 0 Å². The van der Waals surface area contributed by atoms with E-state index in [-0.39, 0.29) is 23.9 Å². The van der Waals surface area contributed by atoms with E-state index in [0.29, 0.717) is 54.9 Å². The molecule has 2 fully saturated rings. The van der Waals surface area contributed by atoms with Crippen LogP contribution >= 0.6 is 23.2 Å². The van der Waals surface area contributed by atoms with E-state index in [0.717, 1.165) is 30.5 Å². The largest absolute Gasteiger partial charge is 0.339 e. The number of urea groups is 1. The van der Waals surface area contributed by atoms with Gasteiger partial charge in [-0.2, -0.15) is 0 Å². The number of fused-ring (bicyclic) bond motifs is 1. The maximum absolute atomic E-state index is 13.8. The normalized spacial score (nSPS) is 24.0. The average molecular weight is 544 g/mol. The van der Waals surface area contributed by atoms with E-state index in [2.05, 4.69) is 15.5 Å². The number of carbonyl (C=O) groups excluding carboxylic acids is 3. The lowest BCUT2D eigenvalue weighted by Crippen LogP contribution is -2.61. The first kappa shape index (κ1) is 25.8. The van der Waals surface area contributed by atoms with Gasteiger partial charge in [0.15, 0.2) is 0 Å². The standard InChI is InChI=1S/C27H31Cl2N5O3/c1-18(35)32-10-12-33(13-11-32)26(37)30-22-6-3-9-34(17-22)27(16-19-4-2-5-20(28)14-19)23-8-7-21(29)15-24(23)31-25(27)36/h2,4-5,7-8,14-15,22H,3,6,9-13,16-17H2,1H3,(H,30,37)(H,31,36)/t22-,27?/m0/s1. The zero-order valence-electron chi connectivity index (χ0n) is 20.8. The number of carbonyl (C=O) groups is 3. The lowest BCUT2D eigenvalue weighted by molar-refractivity contribution is -0.130. The summed E-state index contributed by atoms with van der Waals surface area (Å²) in [6.07, 6.45) is 2.12. The fraction of sp³-hybridized carbons (Fsp3) is 0.444. The van der Waals surface area contributed by atoms with Gasteiger partial charge in [-0.3, -0.25) is 14.5 Å². The van der Waals surface area contributed by atoms with Crippen LogP contribution in [0.4, 0.5) is 10.5 Å². The minimum absolute atomic E-state index is 0.0318. The van der Waals surface area contributed by atoms with Gasteiger partial charge in [-0.05, 0) is 49.2 Å². The fourth-order valence-corrected chi connectivity index (χ4v) is 6.19. The van der Waals surface area contributed by atoms with E-state index in [1.807, 2.05) is 36.4 Å². The summed E-state index contributed by atoms with van der Waals surface area (Å²) in [5, 5.41) is 7.43. The van der Waals surface area contributed by atoms with Crippen LogP contribution in [0.25, 0.3) is 0 Å². The summed E-state index contributed by atoms with van der Waals surface area (Å²) in [5.74, 6) is -0.0681. The summed E-state index contributed by atoms with van der Waals surface area (Å²) in [7, 11) is 0. The van der Waals surface area contributed by atoms with Gasteiger partial charge in [0, 0.05) is 73.4 Å². The van der Waals surface area contributed by atoms with Crippen molar-refractivity contribution in [3.05, 3.63) is 63.6 Å². The topological polar surface area (TPSA) is 85.0 Å². The third-order valence-electron chi connectivity index (χ3n) is 7.70. The number of amides is 4. The van der Waals surface area contributed by atoms with E-state index >= 15 is 0 Å². The highest BCUT2D eigenvalue weighted by Gasteiger charge is 2.52. The lowest BCUT2D eigenvalue weighted by Gasteiger charge is -2.45. The third-order valence-corrected chi connectivity index (χ3v) is 8.17. The van der Waals surface area contributed by atoms with E-state index < -0.39 is 5.54 Å². The van der Waals surface area contributed by atoms with Crippen molar-refractivity contribution in [3.8, 4) is 0 Å². The van der Waals surface area contributed by atoms with Crippen molar-refractivity contribution >= 4 is 46.7 Å².